The predicted octanol–water partition coefficient (Wildman–Crippen LogP) is 1.41. The average Bonchev–Trinajstić information content (AvgIpc) is 3.00. The molecule has 0 spiro atoms. The van der Waals surface area contributed by atoms with Gasteiger partial charge in [-0.1, -0.05) is 48.6 Å². The van der Waals surface area contributed by atoms with Gasteiger partial charge in [0.15, 0.2) is 5.76 Å². The molecule has 0 saturated carbocycles. The van der Waals surface area contributed by atoms with Gasteiger partial charge < -0.3 is 14.7 Å². The van der Waals surface area contributed by atoms with Crippen molar-refractivity contribution in [3.05, 3.63) is 64.4 Å². The second kappa shape index (κ2) is 7.78. The summed E-state index contributed by atoms with van der Waals surface area (Å²) >= 11 is 0. The molecule has 5 nitrogen and oxygen atoms in total. The van der Waals surface area contributed by atoms with Gasteiger partial charge in [-0.3, -0.25) is 9.69 Å². The number of hydrogen-bond donors (Lipinski definition) is 1. The van der Waals surface area contributed by atoms with E-state index >= 15 is 0 Å². The highest BCUT2D eigenvalue weighted by Gasteiger charge is 2.31. The fourth-order valence-corrected chi connectivity index (χ4v) is 3.98. The number of carbonyl (C=O) groups excluding carboxylic acids is 1. The van der Waals surface area contributed by atoms with Crippen molar-refractivity contribution in [2.24, 2.45) is 0 Å². The van der Waals surface area contributed by atoms with Gasteiger partial charge in [0.25, 0.3) is 0 Å². The number of nitrogens with one attached hydrogen (secondary N) is 1. The first kappa shape index (κ1) is 18.7. The van der Waals surface area contributed by atoms with Crippen LogP contribution in [0.4, 0.5) is 0 Å². The average molecular weight is 378 g/mol. The van der Waals surface area contributed by atoms with Gasteiger partial charge in [-0.25, -0.2) is 0 Å². The topological polar surface area (TPSA) is 57.0 Å². The minimum Gasteiger partial charge on any atom is -0.872 e. The maximum Gasteiger partial charge on any atom is 0.231 e. The SMILES string of the molecule is CCN1CC[NH+](Cc2c([O-])ccc3c2O/C(=C\c2cccc(C)c2)C3=O)CC1. The molecule has 2 aliphatic heterocycles. The van der Waals surface area contributed by atoms with Gasteiger partial charge in [0.05, 0.1) is 18.7 Å². The summed E-state index contributed by atoms with van der Waals surface area (Å²) in [6.45, 7) is 9.91. The van der Waals surface area contributed by atoms with Gasteiger partial charge in [0.2, 0.25) is 5.78 Å². The third-order valence-electron chi connectivity index (χ3n) is 5.68. The Kier molecular flexibility index (Phi) is 5.20. The van der Waals surface area contributed by atoms with Crippen LogP contribution >= 0.6 is 0 Å². The lowest BCUT2D eigenvalue weighted by Gasteiger charge is -2.32. The Morgan fingerprint density at radius 2 is 2.00 bits per heavy atom. The van der Waals surface area contributed by atoms with Gasteiger partial charge in [0.1, 0.15) is 12.3 Å². The number of hydrogen-bond acceptors (Lipinski definition) is 4. The minimum absolute atomic E-state index is 0.0474. The third-order valence-corrected chi connectivity index (χ3v) is 5.68. The molecule has 5 heteroatoms. The van der Waals surface area contributed by atoms with Crippen LogP contribution in [0.25, 0.3) is 6.08 Å². The van der Waals surface area contributed by atoms with Crippen molar-refractivity contribution in [1.82, 2.24) is 4.90 Å². The van der Waals surface area contributed by atoms with Gasteiger partial charge in [0, 0.05) is 18.7 Å². The van der Waals surface area contributed by atoms with Crippen molar-refractivity contribution in [3.8, 4) is 11.5 Å². The highest BCUT2D eigenvalue weighted by atomic mass is 16.5. The molecule has 2 aromatic carbocycles. The van der Waals surface area contributed by atoms with Crippen molar-refractivity contribution in [2.75, 3.05) is 32.7 Å². The molecular formula is C23H26N2O3. The molecule has 0 aromatic heterocycles. The number of piperazine rings is 1. The van der Waals surface area contributed by atoms with E-state index in [1.807, 2.05) is 31.2 Å². The highest BCUT2D eigenvalue weighted by Crippen LogP contribution is 2.38. The van der Waals surface area contributed by atoms with Crippen molar-refractivity contribution in [3.63, 3.8) is 0 Å². The van der Waals surface area contributed by atoms with Crippen LogP contribution in [0.3, 0.4) is 0 Å². The molecule has 2 aromatic rings. The summed E-state index contributed by atoms with van der Waals surface area (Å²) in [6.07, 6.45) is 1.76. The molecule has 4 rings (SSSR count). The van der Waals surface area contributed by atoms with Crippen molar-refractivity contribution < 1.29 is 19.5 Å². The Bertz CT molecular complexity index is 927. The number of carbonyl (C=O) groups is 1. The van der Waals surface area contributed by atoms with Crippen LogP contribution in [0.15, 0.2) is 42.2 Å². The maximum absolute atomic E-state index is 12.8. The summed E-state index contributed by atoms with van der Waals surface area (Å²) in [5.41, 5.74) is 3.16. The molecule has 1 N–H and O–H groups in total. The Labute approximate surface area is 165 Å². The van der Waals surface area contributed by atoms with Crippen molar-refractivity contribution >= 4 is 11.9 Å². The van der Waals surface area contributed by atoms with E-state index < -0.39 is 0 Å². The van der Waals surface area contributed by atoms with Crippen LogP contribution in [0.1, 0.15) is 34.0 Å². The molecule has 0 aliphatic carbocycles. The number of ketones is 1. The minimum atomic E-state index is -0.149. The maximum atomic E-state index is 12.8. The summed E-state index contributed by atoms with van der Waals surface area (Å²) in [7, 11) is 0. The molecule has 1 fully saturated rings. The number of allylic oxidation sites excluding steroid dienone is 1. The van der Waals surface area contributed by atoms with Gasteiger partial charge in [-0.05, 0) is 31.2 Å². The summed E-state index contributed by atoms with van der Waals surface area (Å²) < 4.78 is 5.95. The summed E-state index contributed by atoms with van der Waals surface area (Å²) in [4.78, 5) is 16.6. The molecule has 1 saturated heterocycles. The monoisotopic (exact) mass is 378 g/mol. The number of Topliss-reactive ketones (excluding diaryl/α,β-unsaturated/α-hetero) is 1. The number of quaternary nitrogens is 1. The largest absolute Gasteiger partial charge is 0.872 e. The first-order valence-electron chi connectivity index (χ1n) is 9.95. The van der Waals surface area contributed by atoms with Crippen molar-refractivity contribution in [1.29, 1.82) is 0 Å². The van der Waals surface area contributed by atoms with Gasteiger partial charge in [-0.2, -0.15) is 0 Å². The smallest absolute Gasteiger partial charge is 0.231 e. The Morgan fingerprint density at radius 1 is 1.21 bits per heavy atom. The molecule has 28 heavy (non-hydrogen) atoms. The molecule has 0 radical (unpaired) electrons. The first-order chi connectivity index (χ1) is 13.5. The van der Waals surface area contributed by atoms with Gasteiger partial charge >= 0.3 is 0 Å². The molecule has 0 atom stereocenters. The lowest BCUT2D eigenvalue weighted by atomic mass is 10.0. The third kappa shape index (κ3) is 3.68. The summed E-state index contributed by atoms with van der Waals surface area (Å²) in [6, 6.07) is 11.0. The van der Waals surface area contributed by atoms with Crippen LogP contribution in [0.5, 0.6) is 11.5 Å². The first-order valence-corrected chi connectivity index (χ1v) is 9.95. The second-order valence-corrected chi connectivity index (χ2v) is 7.63. The standard InChI is InChI=1S/C23H26N2O3/c1-3-24-9-11-25(12-10-24)15-19-20(26)8-7-18-22(27)21(28-23(18)19)14-17-6-4-5-16(2)13-17/h4-8,13-14,26H,3,9-12,15H2,1-2H3/b21-14-. The molecule has 2 aliphatic rings. The number of rotatable bonds is 4. The van der Waals surface area contributed by atoms with E-state index in [4.69, 9.17) is 4.74 Å². The van der Waals surface area contributed by atoms with Crippen LogP contribution in [-0.2, 0) is 6.54 Å². The van der Waals surface area contributed by atoms with E-state index in [0.717, 1.165) is 43.9 Å². The van der Waals surface area contributed by atoms with E-state index in [1.165, 1.54) is 11.0 Å². The van der Waals surface area contributed by atoms with Crippen LogP contribution in [0, 0.1) is 6.92 Å². The van der Waals surface area contributed by atoms with Crippen molar-refractivity contribution in [2.45, 2.75) is 20.4 Å². The zero-order valence-electron chi connectivity index (χ0n) is 16.5. The highest BCUT2D eigenvalue weighted by molar-refractivity contribution is 6.14. The Morgan fingerprint density at radius 3 is 2.71 bits per heavy atom. The van der Waals surface area contributed by atoms with E-state index in [1.54, 1.807) is 12.1 Å². The lowest BCUT2D eigenvalue weighted by molar-refractivity contribution is -0.918. The van der Waals surface area contributed by atoms with Crippen LogP contribution < -0.4 is 14.7 Å². The van der Waals surface area contributed by atoms with Crippen LogP contribution in [0.2, 0.25) is 0 Å². The number of nitrogens with zero attached hydrogens (tertiary/aromatic N) is 1. The molecule has 0 unspecified atom stereocenters. The van der Waals surface area contributed by atoms with E-state index in [2.05, 4.69) is 11.8 Å². The van der Waals surface area contributed by atoms with Gasteiger partial charge in [-0.15, -0.1) is 0 Å². The fourth-order valence-electron chi connectivity index (χ4n) is 3.98. The molecule has 2 heterocycles. The number of likely N-dealkylation sites (N-methyl/N-ethyl adjacent to an activating group) is 1. The van der Waals surface area contributed by atoms with E-state index in [0.29, 0.717) is 29.2 Å². The zero-order valence-corrected chi connectivity index (χ0v) is 16.5. The quantitative estimate of drug-likeness (QED) is 0.818. The number of benzene rings is 2. The van der Waals surface area contributed by atoms with E-state index in [-0.39, 0.29) is 11.5 Å². The zero-order chi connectivity index (χ0) is 19.7. The summed E-state index contributed by atoms with van der Waals surface area (Å²) in [5, 5.41) is 12.6. The lowest BCUT2D eigenvalue weighted by Crippen LogP contribution is -3.13. The summed E-state index contributed by atoms with van der Waals surface area (Å²) in [5.74, 6) is 0.553. The predicted molar refractivity (Wildman–Crippen MR) is 107 cm³/mol. The molecule has 146 valence electrons. The molecule has 0 bridgehead atoms. The number of fused-ring (bicyclic) bond motifs is 1. The number of aryl methyl sites for hydroxylation is 1. The number of ether oxygens (including phenoxy) is 1. The Balaban J connectivity index is 1.59. The normalized spacial score (nSPS) is 19.1. The van der Waals surface area contributed by atoms with Crippen LogP contribution in [-0.4, -0.2) is 43.4 Å². The molecular weight excluding hydrogens is 352 g/mol. The Hall–Kier alpha value is -2.63. The fraction of sp³-hybridized carbons (Fsp3) is 0.348. The van der Waals surface area contributed by atoms with E-state index in [9.17, 15) is 9.90 Å². The molecule has 0 amide bonds. The second-order valence-electron chi connectivity index (χ2n) is 7.63.